The third-order valence-electron chi connectivity index (χ3n) is 2.28. The minimum Gasteiger partial charge on any atom is -0.330 e. The molecule has 12 heavy (non-hydrogen) atoms. The summed E-state index contributed by atoms with van der Waals surface area (Å²) in [7, 11) is 0. The van der Waals surface area contributed by atoms with Crippen molar-refractivity contribution in [3.8, 4) is 0 Å². The van der Waals surface area contributed by atoms with Crippen molar-refractivity contribution in [3.05, 3.63) is 35.9 Å². The van der Waals surface area contributed by atoms with Crippen LogP contribution in [0, 0.1) is 5.92 Å². The molecule has 0 amide bonds. The van der Waals surface area contributed by atoms with E-state index in [0.717, 1.165) is 13.0 Å². The van der Waals surface area contributed by atoms with E-state index in [1.807, 2.05) is 6.07 Å². The molecule has 0 radical (unpaired) electrons. The molecule has 66 valence electrons. The summed E-state index contributed by atoms with van der Waals surface area (Å²) in [5.74, 6) is 0.646. The van der Waals surface area contributed by atoms with Crippen LogP contribution in [0.4, 0.5) is 0 Å². The fourth-order valence-electron chi connectivity index (χ4n) is 1.34. The van der Waals surface area contributed by atoms with Crippen LogP contribution >= 0.6 is 0 Å². The van der Waals surface area contributed by atoms with Crippen molar-refractivity contribution < 1.29 is 0 Å². The van der Waals surface area contributed by atoms with Crippen LogP contribution in [-0.2, 0) is 6.42 Å². The zero-order valence-electron chi connectivity index (χ0n) is 7.66. The molecule has 1 heteroatoms. The second-order valence-electron chi connectivity index (χ2n) is 3.20. The fourth-order valence-corrected chi connectivity index (χ4v) is 1.34. The van der Waals surface area contributed by atoms with Crippen molar-refractivity contribution in [3.63, 3.8) is 0 Å². The number of benzene rings is 1. The van der Waals surface area contributed by atoms with Crippen LogP contribution in [0.15, 0.2) is 30.3 Å². The Balaban J connectivity index is 2.51. The van der Waals surface area contributed by atoms with E-state index in [4.69, 9.17) is 5.73 Å². The molecule has 0 aliphatic heterocycles. The molecule has 0 aliphatic rings. The van der Waals surface area contributed by atoms with Gasteiger partial charge in [0.25, 0.3) is 0 Å². The summed E-state index contributed by atoms with van der Waals surface area (Å²) < 4.78 is 0. The normalized spacial score (nSPS) is 12.8. The van der Waals surface area contributed by atoms with E-state index in [1.54, 1.807) is 0 Å². The standard InChI is InChI=1S/C11H17N/c1-2-10(9-12)8-11-6-4-3-5-7-11/h3-7,10H,2,8-9,12H2,1H3. The minimum absolute atomic E-state index is 0.646. The van der Waals surface area contributed by atoms with Crippen molar-refractivity contribution >= 4 is 0 Å². The summed E-state index contributed by atoms with van der Waals surface area (Å²) in [6.45, 7) is 2.99. The summed E-state index contributed by atoms with van der Waals surface area (Å²) in [5.41, 5.74) is 7.03. The molecule has 0 fully saturated rings. The molecule has 0 bridgehead atoms. The van der Waals surface area contributed by atoms with Gasteiger partial charge >= 0.3 is 0 Å². The van der Waals surface area contributed by atoms with Crippen LogP contribution in [0.5, 0.6) is 0 Å². The molecule has 0 heterocycles. The fraction of sp³-hybridized carbons (Fsp3) is 0.455. The number of hydrogen-bond donors (Lipinski definition) is 1. The van der Waals surface area contributed by atoms with Crippen molar-refractivity contribution in [1.82, 2.24) is 0 Å². The molecular formula is C11H17N. The van der Waals surface area contributed by atoms with E-state index < -0.39 is 0 Å². The molecular weight excluding hydrogens is 146 g/mol. The van der Waals surface area contributed by atoms with E-state index in [0.29, 0.717) is 5.92 Å². The highest BCUT2D eigenvalue weighted by Gasteiger charge is 2.03. The highest BCUT2D eigenvalue weighted by molar-refractivity contribution is 5.15. The van der Waals surface area contributed by atoms with E-state index in [2.05, 4.69) is 31.2 Å². The Bertz CT molecular complexity index is 202. The van der Waals surface area contributed by atoms with E-state index in [9.17, 15) is 0 Å². The Morgan fingerprint density at radius 2 is 1.92 bits per heavy atom. The summed E-state index contributed by atoms with van der Waals surface area (Å²) in [6.07, 6.45) is 2.29. The van der Waals surface area contributed by atoms with Crippen molar-refractivity contribution in [1.29, 1.82) is 0 Å². The molecule has 0 aromatic heterocycles. The average molecular weight is 163 g/mol. The summed E-state index contributed by atoms with van der Waals surface area (Å²) in [4.78, 5) is 0. The van der Waals surface area contributed by atoms with E-state index in [-0.39, 0.29) is 0 Å². The Hall–Kier alpha value is -0.820. The smallest absolute Gasteiger partial charge is 0.00458 e. The maximum atomic E-state index is 5.63. The van der Waals surface area contributed by atoms with E-state index >= 15 is 0 Å². The van der Waals surface area contributed by atoms with Gasteiger partial charge in [-0.05, 0) is 24.4 Å². The molecule has 0 spiro atoms. The predicted molar refractivity (Wildman–Crippen MR) is 53.0 cm³/mol. The van der Waals surface area contributed by atoms with Gasteiger partial charge in [-0.25, -0.2) is 0 Å². The first-order valence-electron chi connectivity index (χ1n) is 4.60. The van der Waals surface area contributed by atoms with Crippen LogP contribution < -0.4 is 5.73 Å². The first-order valence-corrected chi connectivity index (χ1v) is 4.60. The highest BCUT2D eigenvalue weighted by atomic mass is 14.5. The lowest BCUT2D eigenvalue weighted by Gasteiger charge is -2.11. The molecule has 1 aromatic rings. The third-order valence-corrected chi connectivity index (χ3v) is 2.28. The van der Waals surface area contributed by atoms with Crippen molar-refractivity contribution in [2.24, 2.45) is 11.7 Å². The molecule has 0 saturated carbocycles. The number of nitrogens with two attached hydrogens (primary N) is 1. The largest absolute Gasteiger partial charge is 0.330 e. The van der Waals surface area contributed by atoms with Gasteiger partial charge in [-0.1, -0.05) is 43.7 Å². The lowest BCUT2D eigenvalue weighted by atomic mass is 9.97. The van der Waals surface area contributed by atoms with Gasteiger partial charge in [-0.15, -0.1) is 0 Å². The second kappa shape index (κ2) is 4.94. The quantitative estimate of drug-likeness (QED) is 0.723. The van der Waals surface area contributed by atoms with Crippen molar-refractivity contribution in [2.75, 3.05) is 6.54 Å². The maximum absolute atomic E-state index is 5.63. The molecule has 1 unspecified atom stereocenters. The molecule has 0 aliphatic carbocycles. The van der Waals surface area contributed by atoms with Gasteiger partial charge in [0.05, 0.1) is 0 Å². The molecule has 1 nitrogen and oxygen atoms in total. The predicted octanol–water partition coefficient (Wildman–Crippen LogP) is 2.21. The molecule has 1 rings (SSSR count). The Morgan fingerprint density at radius 3 is 2.42 bits per heavy atom. The van der Waals surface area contributed by atoms with Gasteiger partial charge in [-0.3, -0.25) is 0 Å². The van der Waals surface area contributed by atoms with Gasteiger partial charge < -0.3 is 5.73 Å². The average Bonchev–Trinajstić information content (AvgIpc) is 2.16. The van der Waals surface area contributed by atoms with Crippen LogP contribution in [-0.4, -0.2) is 6.54 Å². The van der Waals surface area contributed by atoms with E-state index in [1.165, 1.54) is 12.0 Å². The van der Waals surface area contributed by atoms with Crippen LogP contribution in [0.25, 0.3) is 0 Å². The third kappa shape index (κ3) is 2.67. The molecule has 1 atom stereocenters. The lowest BCUT2D eigenvalue weighted by molar-refractivity contribution is 0.519. The number of rotatable bonds is 4. The lowest BCUT2D eigenvalue weighted by Crippen LogP contribution is -2.15. The Labute approximate surface area is 74.6 Å². The van der Waals surface area contributed by atoms with Crippen LogP contribution in [0.2, 0.25) is 0 Å². The number of hydrogen-bond acceptors (Lipinski definition) is 1. The monoisotopic (exact) mass is 163 g/mol. The van der Waals surface area contributed by atoms with Gasteiger partial charge in [0, 0.05) is 0 Å². The van der Waals surface area contributed by atoms with Gasteiger partial charge in [0.1, 0.15) is 0 Å². The zero-order valence-corrected chi connectivity index (χ0v) is 7.66. The van der Waals surface area contributed by atoms with Crippen molar-refractivity contribution in [2.45, 2.75) is 19.8 Å². The molecule has 2 N–H and O–H groups in total. The minimum atomic E-state index is 0.646. The topological polar surface area (TPSA) is 26.0 Å². The summed E-state index contributed by atoms with van der Waals surface area (Å²) in [5, 5.41) is 0. The molecule has 0 saturated heterocycles. The maximum Gasteiger partial charge on any atom is -0.00458 e. The Kier molecular flexibility index (Phi) is 3.81. The van der Waals surface area contributed by atoms with Crippen LogP contribution in [0.1, 0.15) is 18.9 Å². The van der Waals surface area contributed by atoms with Gasteiger partial charge in [0.15, 0.2) is 0 Å². The summed E-state index contributed by atoms with van der Waals surface area (Å²) in [6, 6.07) is 10.5. The molecule has 1 aromatic carbocycles. The Morgan fingerprint density at radius 1 is 1.25 bits per heavy atom. The first kappa shape index (κ1) is 9.27. The SMILES string of the molecule is CCC(CN)Cc1ccccc1. The van der Waals surface area contributed by atoms with Gasteiger partial charge in [-0.2, -0.15) is 0 Å². The van der Waals surface area contributed by atoms with Gasteiger partial charge in [0.2, 0.25) is 0 Å². The second-order valence-corrected chi connectivity index (χ2v) is 3.20. The zero-order chi connectivity index (χ0) is 8.81. The van der Waals surface area contributed by atoms with Crippen LogP contribution in [0.3, 0.4) is 0 Å². The summed E-state index contributed by atoms with van der Waals surface area (Å²) >= 11 is 0. The highest BCUT2D eigenvalue weighted by Crippen LogP contribution is 2.09. The first-order chi connectivity index (χ1) is 5.86.